The first-order valence-electron chi connectivity index (χ1n) is 6.93. The van der Waals surface area contributed by atoms with Gasteiger partial charge in [0, 0.05) is 10.8 Å². The van der Waals surface area contributed by atoms with Gasteiger partial charge in [0.2, 0.25) is 0 Å². The summed E-state index contributed by atoms with van der Waals surface area (Å²) in [5.41, 5.74) is 1.20. The number of carboxylic acids is 1. The van der Waals surface area contributed by atoms with E-state index in [0.29, 0.717) is 12.2 Å². The van der Waals surface area contributed by atoms with Crippen LogP contribution < -0.4 is 0 Å². The van der Waals surface area contributed by atoms with Gasteiger partial charge in [-0.05, 0) is 12.8 Å². The maximum Gasteiger partial charge on any atom is 0.358 e. The predicted molar refractivity (Wildman–Crippen MR) is 80.9 cm³/mol. The first-order valence-corrected chi connectivity index (χ1v) is 7.81. The molecule has 0 fully saturated rings. The number of carbonyl (C=O) groups is 1. The highest BCUT2D eigenvalue weighted by molar-refractivity contribution is 7.09. The van der Waals surface area contributed by atoms with E-state index in [4.69, 9.17) is 0 Å². The SMILES string of the molecule is CCCc1nc(Cn2nnc(C(=O)O)c2C(C)(C)C)cs1. The highest BCUT2D eigenvalue weighted by atomic mass is 32.1. The lowest BCUT2D eigenvalue weighted by Gasteiger charge is -2.19. The van der Waals surface area contributed by atoms with Crippen LogP contribution in [0, 0.1) is 0 Å². The van der Waals surface area contributed by atoms with Gasteiger partial charge >= 0.3 is 5.97 Å². The maximum atomic E-state index is 11.3. The molecule has 0 radical (unpaired) electrons. The Morgan fingerprint density at radius 3 is 2.71 bits per heavy atom. The predicted octanol–water partition coefficient (Wildman–Crippen LogP) is 2.73. The molecule has 0 aliphatic carbocycles. The summed E-state index contributed by atoms with van der Waals surface area (Å²) in [6, 6.07) is 0. The van der Waals surface area contributed by atoms with Gasteiger partial charge in [0.25, 0.3) is 0 Å². The number of nitrogens with zero attached hydrogens (tertiary/aromatic N) is 4. The lowest BCUT2D eigenvalue weighted by Crippen LogP contribution is -2.22. The van der Waals surface area contributed by atoms with Gasteiger partial charge in [0.1, 0.15) is 0 Å². The average molecular weight is 308 g/mol. The molecule has 2 rings (SSSR count). The Morgan fingerprint density at radius 1 is 1.43 bits per heavy atom. The number of carboxylic acid groups (broad SMARTS) is 1. The maximum absolute atomic E-state index is 11.3. The number of thiazole rings is 1. The summed E-state index contributed by atoms with van der Waals surface area (Å²) in [6.07, 6.45) is 2.03. The molecule has 6 nitrogen and oxygen atoms in total. The van der Waals surface area contributed by atoms with Gasteiger partial charge in [0.05, 0.1) is 22.9 Å². The highest BCUT2D eigenvalue weighted by Crippen LogP contribution is 2.25. The molecule has 21 heavy (non-hydrogen) atoms. The van der Waals surface area contributed by atoms with Crippen LogP contribution in [-0.2, 0) is 18.4 Å². The van der Waals surface area contributed by atoms with E-state index in [9.17, 15) is 9.90 Å². The summed E-state index contributed by atoms with van der Waals surface area (Å²) < 4.78 is 1.65. The summed E-state index contributed by atoms with van der Waals surface area (Å²) in [6.45, 7) is 8.44. The number of aromatic nitrogens is 4. The first-order chi connectivity index (χ1) is 9.82. The number of rotatable bonds is 5. The third-order valence-corrected chi connectivity index (χ3v) is 3.98. The monoisotopic (exact) mass is 308 g/mol. The molecule has 2 aromatic heterocycles. The fourth-order valence-electron chi connectivity index (χ4n) is 2.21. The quantitative estimate of drug-likeness (QED) is 0.918. The molecule has 0 saturated carbocycles. The van der Waals surface area contributed by atoms with Crippen molar-refractivity contribution in [2.75, 3.05) is 0 Å². The zero-order valence-electron chi connectivity index (χ0n) is 12.8. The van der Waals surface area contributed by atoms with Crippen molar-refractivity contribution in [2.24, 2.45) is 0 Å². The van der Waals surface area contributed by atoms with E-state index in [2.05, 4.69) is 22.2 Å². The molecule has 114 valence electrons. The summed E-state index contributed by atoms with van der Waals surface area (Å²) in [7, 11) is 0. The molecule has 0 amide bonds. The molecule has 2 heterocycles. The molecule has 0 atom stereocenters. The molecule has 0 saturated heterocycles. The summed E-state index contributed by atoms with van der Waals surface area (Å²) in [4.78, 5) is 15.8. The topological polar surface area (TPSA) is 80.9 Å². The van der Waals surface area contributed by atoms with E-state index in [1.165, 1.54) is 0 Å². The van der Waals surface area contributed by atoms with Crippen LogP contribution in [-0.4, -0.2) is 31.1 Å². The minimum absolute atomic E-state index is 0.0199. The third-order valence-electron chi connectivity index (χ3n) is 3.02. The molecule has 0 bridgehead atoms. The molecule has 0 unspecified atom stereocenters. The minimum atomic E-state index is -1.05. The zero-order valence-corrected chi connectivity index (χ0v) is 13.6. The Hall–Kier alpha value is -1.76. The van der Waals surface area contributed by atoms with Crippen molar-refractivity contribution in [3.8, 4) is 0 Å². The summed E-state index contributed by atoms with van der Waals surface area (Å²) in [5, 5.41) is 20.2. The lowest BCUT2D eigenvalue weighted by atomic mass is 9.90. The molecule has 0 spiro atoms. The van der Waals surface area contributed by atoms with E-state index in [-0.39, 0.29) is 11.1 Å². The fraction of sp³-hybridized carbons (Fsp3) is 0.571. The Bertz CT molecular complexity index is 640. The van der Waals surface area contributed by atoms with Crippen molar-refractivity contribution in [1.29, 1.82) is 0 Å². The molecule has 0 aromatic carbocycles. The number of aromatic carboxylic acids is 1. The normalized spacial score (nSPS) is 11.8. The van der Waals surface area contributed by atoms with Crippen molar-refractivity contribution in [3.63, 3.8) is 0 Å². The van der Waals surface area contributed by atoms with Crippen molar-refractivity contribution in [3.05, 3.63) is 27.5 Å². The Labute approximate surface area is 127 Å². The number of hydrogen-bond acceptors (Lipinski definition) is 5. The van der Waals surface area contributed by atoms with E-state index >= 15 is 0 Å². The van der Waals surface area contributed by atoms with Gasteiger partial charge in [-0.2, -0.15) is 0 Å². The van der Waals surface area contributed by atoms with E-state index in [0.717, 1.165) is 23.5 Å². The van der Waals surface area contributed by atoms with Crippen molar-refractivity contribution in [1.82, 2.24) is 20.0 Å². The minimum Gasteiger partial charge on any atom is -0.476 e. The standard InChI is InChI=1S/C14H20N4O2S/c1-5-6-10-15-9(8-21-10)7-18-12(14(2,3)4)11(13(19)20)16-17-18/h8H,5-7H2,1-4H3,(H,19,20). The van der Waals surface area contributed by atoms with Gasteiger partial charge in [-0.25, -0.2) is 14.5 Å². The lowest BCUT2D eigenvalue weighted by molar-refractivity contribution is 0.0687. The second-order valence-corrected chi connectivity index (χ2v) is 6.92. The molecule has 0 aliphatic heterocycles. The fourth-order valence-corrected chi connectivity index (χ4v) is 3.11. The van der Waals surface area contributed by atoms with E-state index < -0.39 is 5.97 Å². The van der Waals surface area contributed by atoms with Crippen LogP contribution in [0.25, 0.3) is 0 Å². The van der Waals surface area contributed by atoms with E-state index in [1.807, 2.05) is 26.2 Å². The largest absolute Gasteiger partial charge is 0.476 e. The van der Waals surface area contributed by atoms with Gasteiger partial charge in [-0.3, -0.25) is 0 Å². The van der Waals surface area contributed by atoms with Gasteiger partial charge in [0.15, 0.2) is 5.69 Å². The van der Waals surface area contributed by atoms with Crippen LogP contribution in [0.1, 0.15) is 61.0 Å². The highest BCUT2D eigenvalue weighted by Gasteiger charge is 2.29. The first kappa shape index (κ1) is 15.6. The zero-order chi connectivity index (χ0) is 15.6. The van der Waals surface area contributed by atoms with E-state index in [1.54, 1.807) is 16.0 Å². The third kappa shape index (κ3) is 3.47. The van der Waals surface area contributed by atoms with Crippen molar-refractivity contribution >= 4 is 17.3 Å². The van der Waals surface area contributed by atoms with Crippen LogP contribution in [0.4, 0.5) is 0 Å². The molecule has 2 aromatic rings. The van der Waals surface area contributed by atoms with Crippen LogP contribution in [0.2, 0.25) is 0 Å². The smallest absolute Gasteiger partial charge is 0.358 e. The van der Waals surface area contributed by atoms with Crippen LogP contribution in [0.3, 0.4) is 0 Å². The Balaban J connectivity index is 2.33. The second-order valence-electron chi connectivity index (χ2n) is 5.98. The van der Waals surface area contributed by atoms with Gasteiger partial charge in [-0.1, -0.05) is 32.9 Å². The number of hydrogen-bond donors (Lipinski definition) is 1. The van der Waals surface area contributed by atoms with Gasteiger partial charge < -0.3 is 5.11 Å². The second kappa shape index (κ2) is 5.93. The molecule has 1 N–H and O–H groups in total. The van der Waals surface area contributed by atoms with Crippen LogP contribution >= 0.6 is 11.3 Å². The molecule has 0 aliphatic rings. The van der Waals surface area contributed by atoms with Crippen molar-refractivity contribution in [2.45, 2.75) is 52.5 Å². The van der Waals surface area contributed by atoms with Crippen molar-refractivity contribution < 1.29 is 9.90 Å². The summed E-state index contributed by atoms with van der Waals surface area (Å²) >= 11 is 1.63. The van der Waals surface area contributed by atoms with Crippen LogP contribution in [0.5, 0.6) is 0 Å². The van der Waals surface area contributed by atoms with Crippen LogP contribution in [0.15, 0.2) is 5.38 Å². The molecular formula is C14H20N4O2S. The number of aryl methyl sites for hydroxylation is 1. The molecular weight excluding hydrogens is 288 g/mol. The average Bonchev–Trinajstić information content (AvgIpc) is 2.96. The van der Waals surface area contributed by atoms with Gasteiger partial charge in [-0.15, -0.1) is 16.4 Å². The summed E-state index contributed by atoms with van der Waals surface area (Å²) in [5.74, 6) is -1.05. The Morgan fingerprint density at radius 2 is 2.14 bits per heavy atom. The molecule has 7 heteroatoms. The Kier molecular flexibility index (Phi) is 4.41.